The fourth-order valence-electron chi connectivity index (χ4n) is 3.96. The van der Waals surface area contributed by atoms with Crippen LogP contribution in [0.2, 0.25) is 0 Å². The number of rotatable bonds is 9. The first-order chi connectivity index (χ1) is 12.2. The molecule has 0 spiro atoms. The summed E-state index contributed by atoms with van der Waals surface area (Å²) in [5.41, 5.74) is 0.172. The minimum absolute atomic E-state index is 0.143. The second-order valence-corrected chi connectivity index (χ2v) is 7.50. The van der Waals surface area contributed by atoms with Gasteiger partial charge >= 0.3 is 0 Å². The molecule has 1 saturated carbocycles. The third-order valence-electron chi connectivity index (χ3n) is 5.83. The molecule has 1 aliphatic carbocycles. The predicted octanol–water partition coefficient (Wildman–Crippen LogP) is 2.33. The van der Waals surface area contributed by atoms with Crippen molar-refractivity contribution in [2.24, 2.45) is 10.4 Å². The Hall–Kier alpha value is -0.850. The summed E-state index contributed by atoms with van der Waals surface area (Å²) in [6, 6.07) is 0. The number of hydrogen-bond acceptors (Lipinski definition) is 4. The lowest BCUT2D eigenvalue weighted by molar-refractivity contribution is -0.0855. The van der Waals surface area contributed by atoms with E-state index >= 15 is 0 Å². The van der Waals surface area contributed by atoms with E-state index in [1.165, 1.54) is 25.7 Å². The molecule has 2 rings (SSSR count). The van der Waals surface area contributed by atoms with Crippen LogP contribution in [0.15, 0.2) is 4.99 Å². The molecule has 0 radical (unpaired) electrons. The number of nitrogens with one attached hydrogen (secondary N) is 2. The van der Waals surface area contributed by atoms with Crippen LogP contribution in [0.4, 0.5) is 0 Å². The molecule has 1 aliphatic heterocycles. The summed E-state index contributed by atoms with van der Waals surface area (Å²) in [5, 5.41) is 6.89. The molecule has 2 N–H and O–H groups in total. The van der Waals surface area contributed by atoms with Crippen molar-refractivity contribution in [3.8, 4) is 0 Å². The summed E-state index contributed by atoms with van der Waals surface area (Å²) in [4.78, 5) is 4.92. The fourth-order valence-corrected chi connectivity index (χ4v) is 3.96. The maximum atomic E-state index is 5.82. The first kappa shape index (κ1) is 20.5. The van der Waals surface area contributed by atoms with Gasteiger partial charge in [0.05, 0.1) is 5.60 Å². The van der Waals surface area contributed by atoms with Crippen LogP contribution >= 0.6 is 0 Å². The highest BCUT2D eigenvalue weighted by molar-refractivity contribution is 5.79. The zero-order chi connectivity index (χ0) is 18.0. The zero-order valence-corrected chi connectivity index (χ0v) is 16.4. The Morgan fingerprint density at radius 3 is 2.40 bits per heavy atom. The second-order valence-electron chi connectivity index (χ2n) is 7.50. The highest BCUT2D eigenvalue weighted by Crippen LogP contribution is 2.41. The van der Waals surface area contributed by atoms with Crippen LogP contribution in [0.1, 0.15) is 51.9 Å². The maximum Gasteiger partial charge on any atom is 0.191 e. The average molecular weight is 356 g/mol. The SMILES string of the molecule is CCNC(=NCC1(CCOC)CCCC1)NCC1(OC)CCOCC1. The zero-order valence-electron chi connectivity index (χ0n) is 16.4. The molecule has 25 heavy (non-hydrogen) atoms. The molecule has 0 unspecified atom stereocenters. The van der Waals surface area contributed by atoms with Gasteiger partial charge in [-0.05, 0) is 31.6 Å². The standard InChI is InChI=1S/C19H37N3O3/c1-4-20-17(22-16-19(24-3)10-13-25-14-11-19)21-15-18(9-12-23-2)7-5-6-8-18/h4-16H2,1-3H3,(H2,20,21,22). The topological polar surface area (TPSA) is 64.1 Å². The summed E-state index contributed by atoms with van der Waals surface area (Å²) in [5.74, 6) is 0.897. The van der Waals surface area contributed by atoms with Crippen LogP contribution in [0.3, 0.4) is 0 Å². The Morgan fingerprint density at radius 1 is 1.08 bits per heavy atom. The molecular weight excluding hydrogens is 318 g/mol. The molecule has 0 amide bonds. The Morgan fingerprint density at radius 2 is 1.80 bits per heavy atom. The lowest BCUT2D eigenvalue weighted by Gasteiger charge is -2.36. The molecule has 2 aliphatic rings. The number of aliphatic imine (C=N–C) groups is 1. The molecule has 0 bridgehead atoms. The molecule has 0 aromatic carbocycles. The van der Waals surface area contributed by atoms with E-state index in [-0.39, 0.29) is 5.60 Å². The van der Waals surface area contributed by atoms with Gasteiger partial charge in [0, 0.05) is 66.5 Å². The van der Waals surface area contributed by atoms with E-state index in [0.717, 1.165) is 64.7 Å². The van der Waals surface area contributed by atoms with Gasteiger partial charge in [0.1, 0.15) is 0 Å². The average Bonchev–Trinajstić information content (AvgIpc) is 3.12. The van der Waals surface area contributed by atoms with Gasteiger partial charge in [0.25, 0.3) is 0 Å². The van der Waals surface area contributed by atoms with Crippen molar-refractivity contribution in [1.82, 2.24) is 10.6 Å². The van der Waals surface area contributed by atoms with Gasteiger partial charge < -0.3 is 24.8 Å². The first-order valence-electron chi connectivity index (χ1n) is 9.82. The molecule has 1 heterocycles. The van der Waals surface area contributed by atoms with Crippen LogP contribution < -0.4 is 10.6 Å². The molecular formula is C19H37N3O3. The third kappa shape index (κ3) is 6.12. The summed E-state index contributed by atoms with van der Waals surface area (Å²) < 4.78 is 16.6. The monoisotopic (exact) mass is 355 g/mol. The van der Waals surface area contributed by atoms with Crippen molar-refractivity contribution < 1.29 is 14.2 Å². The molecule has 0 atom stereocenters. The lowest BCUT2D eigenvalue weighted by atomic mass is 9.83. The Kier molecular flexibility index (Phi) is 8.46. The number of guanidine groups is 1. The van der Waals surface area contributed by atoms with Gasteiger partial charge in [-0.2, -0.15) is 0 Å². The number of nitrogens with zero attached hydrogens (tertiary/aromatic N) is 1. The van der Waals surface area contributed by atoms with Gasteiger partial charge in [-0.1, -0.05) is 12.8 Å². The van der Waals surface area contributed by atoms with E-state index in [4.69, 9.17) is 19.2 Å². The highest BCUT2D eigenvalue weighted by atomic mass is 16.5. The minimum Gasteiger partial charge on any atom is -0.385 e. The van der Waals surface area contributed by atoms with Gasteiger partial charge in [0.2, 0.25) is 0 Å². The number of ether oxygens (including phenoxy) is 3. The van der Waals surface area contributed by atoms with E-state index in [2.05, 4.69) is 17.6 Å². The predicted molar refractivity (Wildman–Crippen MR) is 101 cm³/mol. The van der Waals surface area contributed by atoms with Crippen molar-refractivity contribution in [2.45, 2.75) is 57.5 Å². The van der Waals surface area contributed by atoms with Crippen LogP contribution in [0, 0.1) is 5.41 Å². The normalized spacial score (nSPS) is 22.8. The van der Waals surface area contributed by atoms with Gasteiger partial charge in [0.15, 0.2) is 5.96 Å². The van der Waals surface area contributed by atoms with Crippen LogP contribution in [-0.4, -0.2) is 65.2 Å². The lowest BCUT2D eigenvalue weighted by Crippen LogP contribution is -2.51. The molecule has 6 nitrogen and oxygen atoms in total. The minimum atomic E-state index is -0.143. The highest BCUT2D eigenvalue weighted by Gasteiger charge is 2.34. The molecule has 146 valence electrons. The number of methoxy groups -OCH3 is 2. The third-order valence-corrected chi connectivity index (χ3v) is 5.83. The van der Waals surface area contributed by atoms with Crippen molar-refractivity contribution in [2.75, 3.05) is 53.7 Å². The Bertz CT molecular complexity index is 403. The molecule has 2 fully saturated rings. The quantitative estimate of drug-likeness (QED) is 0.491. The molecule has 1 saturated heterocycles. The summed E-state index contributed by atoms with van der Waals surface area (Å²) in [7, 11) is 3.59. The molecule has 0 aromatic heterocycles. The van der Waals surface area contributed by atoms with Crippen LogP contribution in [0.5, 0.6) is 0 Å². The van der Waals surface area contributed by atoms with E-state index < -0.39 is 0 Å². The van der Waals surface area contributed by atoms with E-state index in [1.807, 2.05) is 0 Å². The fraction of sp³-hybridized carbons (Fsp3) is 0.947. The maximum absolute atomic E-state index is 5.82. The summed E-state index contributed by atoms with van der Waals surface area (Å²) in [6.07, 6.45) is 8.11. The van der Waals surface area contributed by atoms with Gasteiger partial charge in [-0.15, -0.1) is 0 Å². The van der Waals surface area contributed by atoms with Crippen molar-refractivity contribution in [3.63, 3.8) is 0 Å². The largest absolute Gasteiger partial charge is 0.385 e. The smallest absolute Gasteiger partial charge is 0.191 e. The van der Waals surface area contributed by atoms with Crippen molar-refractivity contribution >= 4 is 5.96 Å². The summed E-state index contributed by atoms with van der Waals surface area (Å²) >= 11 is 0. The van der Waals surface area contributed by atoms with E-state index in [0.29, 0.717) is 5.41 Å². The van der Waals surface area contributed by atoms with Crippen molar-refractivity contribution in [3.05, 3.63) is 0 Å². The molecule has 6 heteroatoms. The molecule has 0 aromatic rings. The van der Waals surface area contributed by atoms with E-state index in [9.17, 15) is 0 Å². The van der Waals surface area contributed by atoms with E-state index in [1.54, 1.807) is 14.2 Å². The van der Waals surface area contributed by atoms with Gasteiger partial charge in [-0.3, -0.25) is 4.99 Å². The summed E-state index contributed by atoms with van der Waals surface area (Å²) in [6.45, 7) is 6.96. The second kappa shape index (κ2) is 10.3. The van der Waals surface area contributed by atoms with Crippen LogP contribution in [-0.2, 0) is 14.2 Å². The Labute approximate surface area is 153 Å². The van der Waals surface area contributed by atoms with Crippen molar-refractivity contribution in [1.29, 1.82) is 0 Å². The number of hydrogen-bond donors (Lipinski definition) is 2. The first-order valence-corrected chi connectivity index (χ1v) is 9.82. The Balaban J connectivity index is 1.94. The van der Waals surface area contributed by atoms with Gasteiger partial charge in [-0.25, -0.2) is 0 Å². The van der Waals surface area contributed by atoms with Crippen LogP contribution in [0.25, 0.3) is 0 Å².